The van der Waals surface area contributed by atoms with Gasteiger partial charge in [-0.1, -0.05) is 0 Å². The summed E-state index contributed by atoms with van der Waals surface area (Å²) < 4.78 is 11.4. The zero-order valence-electron chi connectivity index (χ0n) is 10.1. The highest BCUT2D eigenvalue weighted by molar-refractivity contribution is 9.10. The van der Waals surface area contributed by atoms with Gasteiger partial charge in [0, 0.05) is 12.5 Å². The fourth-order valence-corrected chi connectivity index (χ4v) is 2.24. The van der Waals surface area contributed by atoms with E-state index in [0.29, 0.717) is 5.75 Å². The first kappa shape index (κ1) is 13.0. The van der Waals surface area contributed by atoms with Crippen LogP contribution in [-0.4, -0.2) is 13.1 Å². The van der Waals surface area contributed by atoms with Crippen molar-refractivity contribution < 1.29 is 14.3 Å². The van der Waals surface area contributed by atoms with E-state index in [1.54, 1.807) is 7.11 Å². The van der Waals surface area contributed by atoms with E-state index in [4.69, 9.17) is 9.47 Å². The lowest BCUT2D eigenvalue weighted by Crippen LogP contribution is -2.07. The summed E-state index contributed by atoms with van der Waals surface area (Å²) in [5, 5.41) is 0. The molecule has 0 fully saturated rings. The largest absolute Gasteiger partial charge is 0.495 e. The van der Waals surface area contributed by atoms with Crippen LogP contribution in [0.15, 0.2) is 4.47 Å². The van der Waals surface area contributed by atoms with Crippen molar-refractivity contribution >= 4 is 21.9 Å². The molecule has 0 aliphatic rings. The topological polar surface area (TPSA) is 35.5 Å². The molecule has 1 aromatic carbocycles. The van der Waals surface area contributed by atoms with Gasteiger partial charge in [-0.05, 0) is 47.8 Å². The number of rotatable bonds is 2. The third-order valence-electron chi connectivity index (χ3n) is 2.56. The van der Waals surface area contributed by atoms with Crippen molar-refractivity contribution in [1.82, 2.24) is 0 Å². The quantitative estimate of drug-likeness (QED) is 0.618. The second-order valence-corrected chi connectivity index (χ2v) is 4.44. The normalized spacial score (nSPS) is 10.1. The summed E-state index contributed by atoms with van der Waals surface area (Å²) in [4.78, 5) is 11.0. The van der Waals surface area contributed by atoms with Crippen LogP contribution in [0.4, 0.5) is 0 Å². The number of benzene rings is 1. The number of ether oxygens (including phenoxy) is 2. The fourth-order valence-electron chi connectivity index (χ4n) is 1.60. The Morgan fingerprint density at radius 1 is 1.06 bits per heavy atom. The molecule has 0 bridgehead atoms. The van der Waals surface area contributed by atoms with Gasteiger partial charge in [-0.2, -0.15) is 0 Å². The van der Waals surface area contributed by atoms with Crippen LogP contribution in [0.5, 0.6) is 11.5 Å². The van der Waals surface area contributed by atoms with Crippen LogP contribution < -0.4 is 9.47 Å². The molecule has 0 radical (unpaired) electrons. The number of hydrogen-bond donors (Lipinski definition) is 0. The van der Waals surface area contributed by atoms with Crippen LogP contribution in [0.25, 0.3) is 0 Å². The van der Waals surface area contributed by atoms with E-state index in [1.807, 2.05) is 20.8 Å². The van der Waals surface area contributed by atoms with Crippen molar-refractivity contribution in [2.24, 2.45) is 0 Å². The van der Waals surface area contributed by atoms with Crippen molar-refractivity contribution in [3.63, 3.8) is 0 Å². The molecule has 1 rings (SSSR count). The Labute approximate surface area is 104 Å². The third kappa shape index (κ3) is 2.21. The van der Waals surface area contributed by atoms with E-state index >= 15 is 0 Å². The molecule has 16 heavy (non-hydrogen) atoms. The minimum Gasteiger partial charge on any atom is -0.495 e. The molecular weight excluding hydrogens is 272 g/mol. The Kier molecular flexibility index (Phi) is 3.97. The zero-order chi connectivity index (χ0) is 12.5. The van der Waals surface area contributed by atoms with Crippen LogP contribution in [0.2, 0.25) is 0 Å². The molecule has 0 saturated carbocycles. The zero-order valence-corrected chi connectivity index (χ0v) is 11.7. The molecule has 0 aromatic heterocycles. The third-order valence-corrected chi connectivity index (χ3v) is 3.52. The summed E-state index contributed by atoms with van der Waals surface area (Å²) in [6.07, 6.45) is 0. The van der Waals surface area contributed by atoms with E-state index in [0.717, 1.165) is 26.9 Å². The first-order valence-corrected chi connectivity index (χ1v) is 5.71. The number of esters is 1. The van der Waals surface area contributed by atoms with Crippen LogP contribution in [0, 0.1) is 20.8 Å². The van der Waals surface area contributed by atoms with Crippen molar-refractivity contribution in [1.29, 1.82) is 0 Å². The number of hydrogen-bond acceptors (Lipinski definition) is 3. The van der Waals surface area contributed by atoms with Crippen molar-refractivity contribution in [2.45, 2.75) is 27.7 Å². The maximum atomic E-state index is 11.0. The molecule has 0 heterocycles. The van der Waals surface area contributed by atoms with Gasteiger partial charge in [0.2, 0.25) is 0 Å². The first-order valence-electron chi connectivity index (χ1n) is 4.91. The molecule has 4 heteroatoms. The van der Waals surface area contributed by atoms with Gasteiger partial charge in [0.25, 0.3) is 0 Å². The number of methoxy groups -OCH3 is 1. The lowest BCUT2D eigenvalue weighted by atomic mass is 10.0. The number of carbonyl (C=O) groups excluding carboxylic acids is 1. The van der Waals surface area contributed by atoms with E-state index < -0.39 is 0 Å². The van der Waals surface area contributed by atoms with Gasteiger partial charge in [0.1, 0.15) is 11.5 Å². The second-order valence-electron chi connectivity index (χ2n) is 3.64. The molecule has 88 valence electrons. The Morgan fingerprint density at radius 3 is 2.00 bits per heavy atom. The molecule has 1 aromatic rings. The lowest BCUT2D eigenvalue weighted by molar-refractivity contribution is -0.131. The highest BCUT2D eigenvalue weighted by Crippen LogP contribution is 2.40. The predicted octanol–water partition coefficient (Wildman–Crippen LogP) is 3.31. The van der Waals surface area contributed by atoms with Crippen molar-refractivity contribution in [3.05, 3.63) is 21.2 Å². The minimum atomic E-state index is -0.317. The summed E-state index contributed by atoms with van der Waals surface area (Å²) in [5.74, 6) is 1.08. The van der Waals surface area contributed by atoms with Crippen LogP contribution in [-0.2, 0) is 4.79 Å². The first-order chi connectivity index (χ1) is 7.40. The predicted molar refractivity (Wildman–Crippen MR) is 66.2 cm³/mol. The van der Waals surface area contributed by atoms with Gasteiger partial charge >= 0.3 is 5.97 Å². The van der Waals surface area contributed by atoms with Gasteiger partial charge in [-0.3, -0.25) is 4.79 Å². The van der Waals surface area contributed by atoms with Gasteiger partial charge in [-0.25, -0.2) is 0 Å². The number of halogens is 1. The molecule has 0 spiro atoms. The Morgan fingerprint density at radius 2 is 1.56 bits per heavy atom. The highest BCUT2D eigenvalue weighted by Gasteiger charge is 2.18. The van der Waals surface area contributed by atoms with Crippen molar-refractivity contribution in [3.8, 4) is 11.5 Å². The molecule has 0 unspecified atom stereocenters. The summed E-state index contributed by atoms with van der Waals surface area (Å²) >= 11 is 3.45. The summed E-state index contributed by atoms with van der Waals surface area (Å²) in [7, 11) is 1.62. The summed E-state index contributed by atoms with van der Waals surface area (Å²) in [6, 6.07) is 0. The molecule has 3 nitrogen and oxygen atoms in total. The molecule has 0 N–H and O–H groups in total. The molecular formula is C12H15BrO3. The maximum Gasteiger partial charge on any atom is 0.308 e. The van der Waals surface area contributed by atoms with Gasteiger partial charge in [-0.15, -0.1) is 0 Å². The van der Waals surface area contributed by atoms with Gasteiger partial charge < -0.3 is 9.47 Å². The Hall–Kier alpha value is -1.03. The SMILES string of the molecule is COc1c(C)c(C)c(OC(C)=O)c(C)c1Br. The van der Waals surface area contributed by atoms with Crippen molar-refractivity contribution in [2.75, 3.05) is 7.11 Å². The monoisotopic (exact) mass is 286 g/mol. The van der Waals surface area contributed by atoms with E-state index in [-0.39, 0.29) is 5.97 Å². The lowest BCUT2D eigenvalue weighted by Gasteiger charge is -2.17. The Bertz CT molecular complexity index is 409. The van der Waals surface area contributed by atoms with E-state index in [9.17, 15) is 4.79 Å². The smallest absolute Gasteiger partial charge is 0.308 e. The summed E-state index contributed by atoms with van der Waals surface area (Å²) in [6.45, 7) is 7.13. The molecule has 0 aliphatic heterocycles. The average Bonchev–Trinajstić information content (AvgIpc) is 2.22. The molecule has 0 saturated heterocycles. The molecule has 0 aliphatic carbocycles. The van der Waals surface area contributed by atoms with E-state index in [1.165, 1.54) is 6.92 Å². The maximum absolute atomic E-state index is 11.0. The molecule has 0 amide bonds. The minimum absolute atomic E-state index is 0.317. The Balaban J connectivity index is 3.47. The van der Waals surface area contributed by atoms with Crippen LogP contribution in [0.3, 0.4) is 0 Å². The second kappa shape index (κ2) is 4.87. The van der Waals surface area contributed by atoms with Crippen LogP contribution in [0.1, 0.15) is 23.6 Å². The van der Waals surface area contributed by atoms with E-state index in [2.05, 4.69) is 15.9 Å². The molecule has 0 atom stereocenters. The summed E-state index contributed by atoms with van der Waals surface area (Å²) in [5.41, 5.74) is 2.76. The van der Waals surface area contributed by atoms with Crippen LogP contribution >= 0.6 is 15.9 Å². The van der Waals surface area contributed by atoms with Gasteiger partial charge in [0.15, 0.2) is 0 Å². The highest BCUT2D eigenvalue weighted by atomic mass is 79.9. The number of carbonyl (C=O) groups is 1. The average molecular weight is 287 g/mol. The van der Waals surface area contributed by atoms with Gasteiger partial charge in [0.05, 0.1) is 11.6 Å². The fraction of sp³-hybridized carbons (Fsp3) is 0.417. The standard InChI is InChI=1S/C12H15BrO3/c1-6-7(2)12(15-5)10(13)8(3)11(6)16-9(4)14/h1-5H3.